The summed E-state index contributed by atoms with van der Waals surface area (Å²) in [4.78, 5) is 3.98. The molecule has 3 unspecified atom stereocenters. The van der Waals surface area contributed by atoms with E-state index in [0.717, 1.165) is 0 Å². The first-order valence-electron chi connectivity index (χ1n) is 7.06. The zero-order chi connectivity index (χ0) is 14.7. The third-order valence-electron chi connectivity index (χ3n) is 3.84. The predicted molar refractivity (Wildman–Crippen MR) is 76.2 cm³/mol. The second kappa shape index (κ2) is 6.99. The zero-order valence-electron chi connectivity index (χ0n) is 13.1. The van der Waals surface area contributed by atoms with Crippen LogP contribution in [0.25, 0.3) is 0 Å². The lowest BCUT2D eigenvalue weighted by molar-refractivity contribution is -0.189. The molecule has 0 aromatic rings. The maximum atomic E-state index is 10.4. The minimum Gasteiger partial charge on any atom is -0.389 e. The van der Waals surface area contributed by atoms with E-state index >= 15 is 0 Å². The highest BCUT2D eigenvalue weighted by Crippen LogP contribution is 2.29. The molecule has 1 aliphatic heterocycles. The van der Waals surface area contributed by atoms with Crippen molar-refractivity contribution in [2.24, 2.45) is 5.92 Å². The van der Waals surface area contributed by atoms with Crippen LogP contribution < -0.4 is 0 Å². The molecule has 0 bridgehead atoms. The van der Waals surface area contributed by atoms with Gasteiger partial charge in [0.05, 0.1) is 24.4 Å². The molecule has 5 nitrogen and oxygen atoms in total. The number of aliphatic hydroxyl groups is 2. The summed E-state index contributed by atoms with van der Waals surface area (Å²) in [7, 11) is 7.80. The molecule has 1 aliphatic rings. The van der Waals surface area contributed by atoms with E-state index in [4.69, 9.17) is 4.74 Å². The van der Waals surface area contributed by atoms with Gasteiger partial charge in [-0.3, -0.25) is 0 Å². The Labute approximate surface area is 117 Å². The van der Waals surface area contributed by atoms with Gasteiger partial charge in [0, 0.05) is 12.6 Å². The fraction of sp³-hybridized carbons (Fsp3) is 1.00. The third-order valence-corrected chi connectivity index (χ3v) is 3.84. The number of hydrogen-bond donors (Lipinski definition) is 2. The molecule has 19 heavy (non-hydrogen) atoms. The quantitative estimate of drug-likeness (QED) is 0.740. The van der Waals surface area contributed by atoms with Crippen molar-refractivity contribution in [2.75, 3.05) is 34.7 Å². The van der Waals surface area contributed by atoms with Crippen molar-refractivity contribution in [3.8, 4) is 0 Å². The molecule has 1 fully saturated rings. The second-order valence-electron chi connectivity index (χ2n) is 6.47. The predicted octanol–water partition coefficient (Wildman–Crippen LogP) is 0.0135. The Hall–Kier alpha value is -0.200. The van der Waals surface area contributed by atoms with Gasteiger partial charge in [0.25, 0.3) is 0 Å². The first-order chi connectivity index (χ1) is 8.73. The van der Waals surface area contributed by atoms with E-state index in [9.17, 15) is 10.2 Å². The average molecular weight is 274 g/mol. The number of rotatable bonds is 5. The largest absolute Gasteiger partial charge is 0.389 e. The van der Waals surface area contributed by atoms with E-state index in [1.807, 2.05) is 51.8 Å². The molecule has 114 valence electrons. The molecule has 1 saturated heterocycles. The molecule has 0 spiro atoms. The molecule has 2 N–H and O–H groups in total. The number of aliphatic hydroxyl groups excluding tert-OH is 2. The molecule has 0 amide bonds. The van der Waals surface area contributed by atoms with Gasteiger partial charge >= 0.3 is 0 Å². The summed E-state index contributed by atoms with van der Waals surface area (Å²) in [5.41, 5.74) is 0. The highest BCUT2D eigenvalue weighted by molar-refractivity contribution is 4.93. The molecule has 5 atom stereocenters. The highest BCUT2D eigenvalue weighted by atomic mass is 16.5. The van der Waals surface area contributed by atoms with Gasteiger partial charge in [-0.05, 0) is 40.5 Å². The van der Waals surface area contributed by atoms with E-state index in [1.165, 1.54) is 0 Å². The summed E-state index contributed by atoms with van der Waals surface area (Å²) in [6.07, 6.45) is -0.801. The van der Waals surface area contributed by atoms with Crippen LogP contribution >= 0.6 is 0 Å². The Morgan fingerprint density at radius 2 is 1.79 bits per heavy atom. The lowest BCUT2D eigenvalue weighted by atomic mass is 9.87. The lowest BCUT2D eigenvalue weighted by Crippen LogP contribution is -2.58. The van der Waals surface area contributed by atoms with Crippen molar-refractivity contribution in [1.29, 1.82) is 0 Å². The molecule has 0 aliphatic carbocycles. The first-order valence-corrected chi connectivity index (χ1v) is 7.06. The Morgan fingerprint density at radius 1 is 1.21 bits per heavy atom. The third kappa shape index (κ3) is 4.39. The van der Waals surface area contributed by atoms with Crippen LogP contribution in [0.15, 0.2) is 0 Å². The second-order valence-corrected chi connectivity index (χ2v) is 6.47. The van der Waals surface area contributed by atoms with Gasteiger partial charge in [-0.2, -0.15) is 0 Å². The SMILES string of the molecule is CC(C)[C@@H]1O[C@@H](C(O)CN(C)C)CC(N(C)C)C1O. The number of hydrogen-bond acceptors (Lipinski definition) is 5. The van der Waals surface area contributed by atoms with Gasteiger partial charge in [0.2, 0.25) is 0 Å². The van der Waals surface area contributed by atoms with Crippen molar-refractivity contribution in [2.45, 2.75) is 50.7 Å². The van der Waals surface area contributed by atoms with Gasteiger partial charge in [0.15, 0.2) is 0 Å². The van der Waals surface area contributed by atoms with Gasteiger partial charge in [-0.1, -0.05) is 13.8 Å². The molecule has 0 radical (unpaired) electrons. The maximum Gasteiger partial charge on any atom is 0.0959 e. The van der Waals surface area contributed by atoms with Crippen molar-refractivity contribution < 1.29 is 14.9 Å². The maximum absolute atomic E-state index is 10.4. The van der Waals surface area contributed by atoms with Crippen molar-refractivity contribution in [3.05, 3.63) is 0 Å². The molecular formula is C14H30N2O3. The zero-order valence-corrected chi connectivity index (χ0v) is 13.1. The van der Waals surface area contributed by atoms with Crippen LogP contribution in [0.3, 0.4) is 0 Å². The van der Waals surface area contributed by atoms with Crippen LogP contribution in [0.4, 0.5) is 0 Å². The molecule has 1 rings (SSSR count). The van der Waals surface area contributed by atoms with Crippen LogP contribution in [0, 0.1) is 5.92 Å². The van der Waals surface area contributed by atoms with Crippen LogP contribution in [0.1, 0.15) is 20.3 Å². The standard InChI is InChI=1S/C14H30N2O3/c1-9(2)14-13(18)10(16(5)6)7-12(19-14)11(17)8-15(3)4/h9-14,17-18H,7-8H2,1-6H3/t10?,11?,12-,13?,14+/m1/s1. The topological polar surface area (TPSA) is 56.2 Å². The minimum absolute atomic E-state index is 0.0305. The smallest absolute Gasteiger partial charge is 0.0959 e. The summed E-state index contributed by atoms with van der Waals surface area (Å²) < 4.78 is 5.95. The van der Waals surface area contributed by atoms with E-state index in [1.54, 1.807) is 0 Å². The summed E-state index contributed by atoms with van der Waals surface area (Å²) in [5, 5.41) is 20.7. The Bertz CT molecular complexity index is 253. The van der Waals surface area contributed by atoms with Gasteiger partial charge in [-0.25, -0.2) is 0 Å². The van der Waals surface area contributed by atoms with Gasteiger partial charge in [-0.15, -0.1) is 0 Å². The first kappa shape index (κ1) is 16.9. The molecule has 5 heteroatoms. The van der Waals surface area contributed by atoms with Crippen LogP contribution in [0.2, 0.25) is 0 Å². The van der Waals surface area contributed by atoms with Crippen LogP contribution in [-0.2, 0) is 4.74 Å². The van der Waals surface area contributed by atoms with Gasteiger partial charge < -0.3 is 24.7 Å². The number of likely N-dealkylation sites (N-methyl/N-ethyl adjacent to an activating group) is 2. The fourth-order valence-corrected chi connectivity index (χ4v) is 2.74. The van der Waals surface area contributed by atoms with Crippen molar-refractivity contribution in [3.63, 3.8) is 0 Å². The molecule has 1 heterocycles. The number of nitrogens with zero attached hydrogens (tertiary/aromatic N) is 2. The molecule has 0 aromatic carbocycles. The summed E-state index contributed by atoms with van der Waals surface area (Å²) in [6.45, 7) is 4.66. The Kier molecular flexibility index (Phi) is 6.20. The van der Waals surface area contributed by atoms with Crippen LogP contribution in [0.5, 0.6) is 0 Å². The average Bonchev–Trinajstić information content (AvgIpc) is 2.27. The monoisotopic (exact) mass is 274 g/mol. The van der Waals surface area contributed by atoms with Crippen molar-refractivity contribution in [1.82, 2.24) is 9.80 Å². The number of ether oxygens (including phenoxy) is 1. The highest BCUT2D eigenvalue weighted by Gasteiger charge is 2.42. The Morgan fingerprint density at radius 3 is 2.21 bits per heavy atom. The normalized spacial score (nSPS) is 34.3. The van der Waals surface area contributed by atoms with Gasteiger partial charge in [0.1, 0.15) is 0 Å². The summed E-state index contributed by atoms with van der Waals surface area (Å²) >= 11 is 0. The minimum atomic E-state index is -0.522. The molecule has 0 saturated carbocycles. The molecule has 0 aromatic heterocycles. The summed E-state index contributed by atoms with van der Waals surface area (Å²) in [5.74, 6) is 0.229. The van der Waals surface area contributed by atoms with E-state index < -0.39 is 12.2 Å². The van der Waals surface area contributed by atoms with E-state index in [-0.39, 0.29) is 24.2 Å². The Balaban J connectivity index is 2.78. The summed E-state index contributed by atoms with van der Waals surface area (Å²) in [6, 6.07) is 0.0305. The fourth-order valence-electron chi connectivity index (χ4n) is 2.74. The molecular weight excluding hydrogens is 244 g/mol. The van der Waals surface area contributed by atoms with Crippen LogP contribution in [-0.4, -0.2) is 85.2 Å². The van der Waals surface area contributed by atoms with E-state index in [0.29, 0.717) is 13.0 Å². The van der Waals surface area contributed by atoms with E-state index in [2.05, 4.69) is 0 Å². The van der Waals surface area contributed by atoms with Crippen molar-refractivity contribution >= 4 is 0 Å². The lowest BCUT2D eigenvalue weighted by Gasteiger charge is -2.45.